The van der Waals surface area contributed by atoms with Gasteiger partial charge in [0.05, 0.1) is 32.5 Å². The second kappa shape index (κ2) is 13.9. The summed E-state index contributed by atoms with van der Waals surface area (Å²) >= 11 is 2.46. The number of rotatable bonds is 6. The second-order valence-corrected chi connectivity index (χ2v) is 17.0. The van der Waals surface area contributed by atoms with E-state index in [9.17, 15) is 19.6 Å². The number of carbonyl (C=O) groups is 3. The van der Waals surface area contributed by atoms with Crippen LogP contribution in [-0.4, -0.2) is 24.5 Å². The van der Waals surface area contributed by atoms with E-state index < -0.39 is 5.97 Å². The van der Waals surface area contributed by atoms with Crippen molar-refractivity contribution in [1.29, 1.82) is 5.26 Å². The molecule has 0 atom stereocenters. The first-order valence-corrected chi connectivity index (χ1v) is 19.9. The third-order valence-electron chi connectivity index (χ3n) is 11.5. The summed E-state index contributed by atoms with van der Waals surface area (Å²) in [6.45, 7) is 6.28. The zero-order valence-corrected chi connectivity index (χ0v) is 30.8. The molecule has 9 heteroatoms. The van der Waals surface area contributed by atoms with Crippen LogP contribution >= 0.6 is 23.5 Å². The fraction of sp³-hybridized carbons (Fsp3) is 0.429. The van der Waals surface area contributed by atoms with E-state index in [1.807, 2.05) is 24.3 Å². The maximum atomic E-state index is 14.2. The van der Waals surface area contributed by atoms with Gasteiger partial charge in [0.25, 0.3) is 0 Å². The summed E-state index contributed by atoms with van der Waals surface area (Å²) in [6.07, 6.45) is 6.96. The maximum absolute atomic E-state index is 14.2. The molecule has 1 aliphatic heterocycles. The maximum Gasteiger partial charge on any atom is 0.350 e. The molecule has 1 heterocycles. The van der Waals surface area contributed by atoms with Gasteiger partial charge in [-0.25, -0.2) is 4.79 Å². The van der Waals surface area contributed by atoms with Gasteiger partial charge in [0.1, 0.15) is 6.07 Å². The fourth-order valence-electron chi connectivity index (χ4n) is 8.73. The standard InChI is InChI=1S/C42H41NO6S2/c1-4-47-41(46)30(21-43)42-50-37-35(48-39(44)24-17-13-22(2)14-18-24)33-31-26-9-5-7-11-28(26)32(29-12-8-6-10-27(29)31)34(33)36(38(37)51-42)49-40(45)25-19-15-23(3)16-20-25/h5-12,22-25,31-32H,4,13-20H2,1-3H3. The van der Waals surface area contributed by atoms with Crippen molar-refractivity contribution in [2.24, 2.45) is 23.7 Å². The first-order valence-electron chi connectivity index (χ1n) is 18.3. The Bertz CT molecular complexity index is 1850. The van der Waals surface area contributed by atoms with E-state index in [4.69, 9.17) is 14.2 Å². The molecule has 262 valence electrons. The molecule has 51 heavy (non-hydrogen) atoms. The van der Waals surface area contributed by atoms with Crippen LogP contribution in [0.5, 0.6) is 11.5 Å². The van der Waals surface area contributed by atoms with Crippen LogP contribution in [0.15, 0.2) is 68.1 Å². The molecule has 6 aliphatic rings. The minimum Gasteiger partial charge on any atom is -0.462 e. The minimum atomic E-state index is -0.711. The molecule has 5 aliphatic carbocycles. The zero-order valence-electron chi connectivity index (χ0n) is 29.2. The summed E-state index contributed by atoms with van der Waals surface area (Å²) < 4.78 is 19.0. The van der Waals surface area contributed by atoms with Gasteiger partial charge in [-0.1, -0.05) is 85.9 Å². The average Bonchev–Trinajstić information content (AvgIpc) is 3.58. The number of nitriles is 1. The van der Waals surface area contributed by atoms with Crippen LogP contribution in [0.4, 0.5) is 0 Å². The van der Waals surface area contributed by atoms with Crippen molar-refractivity contribution >= 4 is 41.4 Å². The Balaban J connectivity index is 1.36. The second-order valence-electron chi connectivity index (χ2n) is 14.7. The third-order valence-corrected chi connectivity index (χ3v) is 14.1. The van der Waals surface area contributed by atoms with Crippen LogP contribution in [0.2, 0.25) is 0 Å². The number of nitrogens with zero attached hydrogens (tertiary/aromatic N) is 1. The molecule has 0 N–H and O–H groups in total. The Morgan fingerprint density at radius 1 is 0.686 bits per heavy atom. The molecular weight excluding hydrogens is 679 g/mol. The molecule has 0 unspecified atom stereocenters. The lowest BCUT2D eigenvalue weighted by Gasteiger charge is -2.43. The monoisotopic (exact) mass is 719 g/mol. The average molecular weight is 720 g/mol. The van der Waals surface area contributed by atoms with Gasteiger partial charge in [0, 0.05) is 23.0 Å². The number of carbonyl (C=O) groups excluding carboxylic acids is 3. The highest BCUT2D eigenvalue weighted by Gasteiger charge is 2.49. The van der Waals surface area contributed by atoms with Crippen molar-refractivity contribution in [2.75, 3.05) is 6.61 Å². The molecule has 0 amide bonds. The number of hydrogen-bond acceptors (Lipinski definition) is 9. The molecule has 2 fully saturated rings. The molecule has 0 aromatic heterocycles. The highest BCUT2D eigenvalue weighted by atomic mass is 32.2. The molecule has 7 nitrogen and oxygen atoms in total. The normalized spacial score (nSPS) is 25.4. The van der Waals surface area contributed by atoms with E-state index in [-0.39, 0.29) is 47.8 Å². The summed E-state index contributed by atoms with van der Waals surface area (Å²) in [7, 11) is 0. The van der Waals surface area contributed by atoms with E-state index in [1.165, 1.54) is 23.5 Å². The summed E-state index contributed by atoms with van der Waals surface area (Å²) in [5, 5.41) is 10.2. The van der Waals surface area contributed by atoms with E-state index in [0.717, 1.165) is 84.7 Å². The predicted molar refractivity (Wildman–Crippen MR) is 196 cm³/mol. The fourth-order valence-corrected chi connectivity index (χ4v) is 11.3. The quantitative estimate of drug-likeness (QED) is 0.0735. The Kier molecular flexibility index (Phi) is 9.26. The number of hydrogen-bond donors (Lipinski definition) is 0. The predicted octanol–water partition coefficient (Wildman–Crippen LogP) is 9.63. The Hall–Kier alpha value is -4.00. The molecular formula is C42H41NO6S2. The Morgan fingerprint density at radius 2 is 1.08 bits per heavy atom. The third kappa shape index (κ3) is 5.89. The van der Waals surface area contributed by atoms with Crippen LogP contribution in [0.3, 0.4) is 0 Å². The van der Waals surface area contributed by atoms with Crippen molar-refractivity contribution in [3.05, 3.63) is 91.7 Å². The summed E-state index contributed by atoms with van der Waals surface area (Å²) in [5.41, 5.74) is 6.07. The molecule has 9 rings (SSSR count). The van der Waals surface area contributed by atoms with E-state index in [0.29, 0.717) is 37.4 Å². The van der Waals surface area contributed by atoms with E-state index in [1.54, 1.807) is 6.92 Å². The molecule has 0 spiro atoms. The first-order chi connectivity index (χ1) is 24.8. The van der Waals surface area contributed by atoms with Crippen molar-refractivity contribution in [2.45, 2.75) is 93.8 Å². The lowest BCUT2D eigenvalue weighted by molar-refractivity contribution is -0.141. The van der Waals surface area contributed by atoms with Crippen LogP contribution in [-0.2, 0) is 19.1 Å². The number of thioether (sulfide) groups is 2. The van der Waals surface area contributed by atoms with Gasteiger partial charge >= 0.3 is 17.9 Å². The van der Waals surface area contributed by atoms with Crippen LogP contribution in [0, 0.1) is 35.0 Å². The van der Waals surface area contributed by atoms with Gasteiger partial charge < -0.3 is 14.2 Å². The lowest BCUT2D eigenvalue weighted by atomic mass is 9.60. The highest BCUT2D eigenvalue weighted by Crippen LogP contribution is 2.68. The van der Waals surface area contributed by atoms with Crippen molar-refractivity contribution in [3.63, 3.8) is 0 Å². The van der Waals surface area contributed by atoms with Crippen LogP contribution in [0.25, 0.3) is 0 Å². The molecule has 3 aromatic carbocycles. The molecule has 2 saturated carbocycles. The molecule has 3 aromatic rings. The summed E-state index contributed by atoms with van der Waals surface area (Å²) in [6, 6.07) is 18.8. The largest absolute Gasteiger partial charge is 0.462 e. The van der Waals surface area contributed by atoms with Crippen LogP contribution < -0.4 is 9.47 Å². The van der Waals surface area contributed by atoms with E-state index >= 15 is 0 Å². The highest BCUT2D eigenvalue weighted by molar-refractivity contribution is 8.24. The van der Waals surface area contributed by atoms with Crippen LogP contribution in [0.1, 0.15) is 117 Å². The van der Waals surface area contributed by atoms with Crippen molar-refractivity contribution in [1.82, 2.24) is 0 Å². The Labute approximate surface area is 307 Å². The summed E-state index contributed by atoms with van der Waals surface area (Å²) in [4.78, 5) is 42.6. The van der Waals surface area contributed by atoms with Gasteiger partial charge in [0.2, 0.25) is 0 Å². The number of fused-ring (bicyclic) bond motifs is 1. The Morgan fingerprint density at radius 3 is 1.43 bits per heavy atom. The molecule has 2 bridgehead atoms. The lowest BCUT2D eigenvalue weighted by Crippen LogP contribution is -2.32. The van der Waals surface area contributed by atoms with E-state index in [2.05, 4.69) is 44.2 Å². The number of esters is 3. The van der Waals surface area contributed by atoms with Gasteiger partial charge in [-0.3, -0.25) is 9.59 Å². The number of benzene rings is 3. The van der Waals surface area contributed by atoms with Gasteiger partial charge in [-0.05, 0) is 92.4 Å². The smallest absolute Gasteiger partial charge is 0.350 e. The molecule has 0 radical (unpaired) electrons. The van der Waals surface area contributed by atoms with Gasteiger partial charge in [0.15, 0.2) is 17.1 Å². The summed E-state index contributed by atoms with van der Waals surface area (Å²) in [5.74, 6) is -0.181. The van der Waals surface area contributed by atoms with Crippen molar-refractivity contribution < 1.29 is 28.6 Å². The SMILES string of the molecule is CCOC(=O)C(C#N)=C1Sc2c(OC(=O)C3CCC(C)CC3)c3c(c(OC(=O)C4CCC(C)CC4)c2S1)C1c2ccccc2C3c2ccccc21. The zero-order chi connectivity index (χ0) is 35.4. The number of ether oxygens (including phenoxy) is 3. The topological polar surface area (TPSA) is 103 Å². The first kappa shape index (κ1) is 34.1. The van der Waals surface area contributed by atoms with Crippen molar-refractivity contribution in [3.8, 4) is 17.6 Å². The minimum absolute atomic E-state index is 0.118. The van der Waals surface area contributed by atoms with Gasteiger partial charge in [-0.15, -0.1) is 0 Å². The van der Waals surface area contributed by atoms with Gasteiger partial charge in [-0.2, -0.15) is 5.26 Å². The molecule has 0 saturated heterocycles.